The highest BCUT2D eigenvalue weighted by molar-refractivity contribution is 9.10. The minimum atomic E-state index is -0.172. The first-order valence-corrected chi connectivity index (χ1v) is 7.46. The highest BCUT2D eigenvalue weighted by atomic mass is 79.9. The van der Waals surface area contributed by atoms with Crippen molar-refractivity contribution in [1.82, 2.24) is 5.32 Å². The lowest BCUT2D eigenvalue weighted by molar-refractivity contribution is -0.120. The Labute approximate surface area is 123 Å². The third kappa shape index (κ3) is 2.84. The molecule has 0 aliphatic carbocycles. The van der Waals surface area contributed by atoms with Crippen LogP contribution in [0.1, 0.15) is 32.8 Å². The summed E-state index contributed by atoms with van der Waals surface area (Å²) in [4.78, 5) is 14.6. The first-order chi connectivity index (χ1) is 8.83. The summed E-state index contributed by atoms with van der Waals surface area (Å²) in [5.74, 6) is 0.143. The van der Waals surface area contributed by atoms with E-state index in [4.69, 9.17) is 0 Å². The molecule has 1 aliphatic heterocycles. The standard InChI is InChI=1S/C15H21BrN2O/c1-10-9-12(5-6-13(10)16)18-14(19)11(2)17-8-7-15(18,3)4/h5-6,9,11,17H,7-8H2,1-4H3. The van der Waals surface area contributed by atoms with Gasteiger partial charge in [-0.3, -0.25) is 4.79 Å². The molecule has 104 valence electrons. The summed E-state index contributed by atoms with van der Waals surface area (Å²) in [6, 6.07) is 5.96. The van der Waals surface area contributed by atoms with E-state index in [1.54, 1.807) is 0 Å². The third-order valence-corrected chi connectivity index (χ3v) is 4.67. The Hall–Kier alpha value is -0.870. The van der Waals surface area contributed by atoms with Crippen LogP contribution in [0.2, 0.25) is 0 Å². The number of anilines is 1. The largest absolute Gasteiger partial charge is 0.306 e. The normalized spacial score (nSPS) is 23.3. The van der Waals surface area contributed by atoms with E-state index in [9.17, 15) is 4.79 Å². The second-order valence-corrected chi connectivity index (χ2v) is 6.70. The Morgan fingerprint density at radius 2 is 2.11 bits per heavy atom. The Balaban J connectivity index is 2.47. The maximum absolute atomic E-state index is 12.6. The second kappa shape index (κ2) is 5.25. The quantitative estimate of drug-likeness (QED) is 0.860. The number of nitrogens with one attached hydrogen (secondary N) is 1. The first-order valence-electron chi connectivity index (χ1n) is 6.66. The molecule has 1 saturated heterocycles. The van der Waals surface area contributed by atoms with Crippen molar-refractivity contribution in [3.63, 3.8) is 0 Å². The Morgan fingerprint density at radius 1 is 1.42 bits per heavy atom. The van der Waals surface area contributed by atoms with Gasteiger partial charge in [-0.1, -0.05) is 15.9 Å². The van der Waals surface area contributed by atoms with E-state index in [0.29, 0.717) is 0 Å². The predicted molar refractivity (Wildman–Crippen MR) is 82.5 cm³/mol. The fourth-order valence-corrected chi connectivity index (χ4v) is 2.78. The number of hydrogen-bond acceptors (Lipinski definition) is 2. The van der Waals surface area contributed by atoms with Gasteiger partial charge in [0.1, 0.15) is 0 Å². The van der Waals surface area contributed by atoms with Crippen LogP contribution < -0.4 is 10.2 Å². The SMILES string of the molecule is Cc1cc(N2C(=O)C(C)NCCC2(C)C)ccc1Br. The molecule has 0 spiro atoms. The molecule has 1 N–H and O–H groups in total. The lowest BCUT2D eigenvalue weighted by atomic mass is 9.97. The van der Waals surface area contributed by atoms with Gasteiger partial charge in [0.2, 0.25) is 5.91 Å². The van der Waals surface area contributed by atoms with Crippen LogP contribution in [0.25, 0.3) is 0 Å². The number of aryl methyl sites for hydroxylation is 1. The van der Waals surface area contributed by atoms with Crippen LogP contribution in [0.15, 0.2) is 22.7 Å². The van der Waals surface area contributed by atoms with Gasteiger partial charge in [0.05, 0.1) is 6.04 Å². The average molecular weight is 325 g/mol. The van der Waals surface area contributed by atoms with Crippen molar-refractivity contribution >= 4 is 27.5 Å². The minimum Gasteiger partial charge on any atom is -0.306 e. The van der Waals surface area contributed by atoms with Gasteiger partial charge in [0.25, 0.3) is 0 Å². The van der Waals surface area contributed by atoms with E-state index in [0.717, 1.165) is 28.7 Å². The van der Waals surface area contributed by atoms with Gasteiger partial charge >= 0.3 is 0 Å². The Morgan fingerprint density at radius 3 is 2.74 bits per heavy atom. The summed E-state index contributed by atoms with van der Waals surface area (Å²) in [6.45, 7) is 9.10. The molecule has 3 nitrogen and oxygen atoms in total. The molecular weight excluding hydrogens is 304 g/mol. The third-order valence-electron chi connectivity index (χ3n) is 3.78. The van der Waals surface area contributed by atoms with Crippen LogP contribution in [0, 0.1) is 6.92 Å². The molecule has 1 amide bonds. The average Bonchev–Trinajstić information content (AvgIpc) is 2.41. The number of rotatable bonds is 1. The van der Waals surface area contributed by atoms with Crippen molar-refractivity contribution in [2.24, 2.45) is 0 Å². The lowest BCUT2D eigenvalue weighted by Crippen LogP contribution is -2.50. The number of amides is 1. The van der Waals surface area contributed by atoms with Crippen LogP contribution in [0.3, 0.4) is 0 Å². The molecule has 0 saturated carbocycles. The van der Waals surface area contributed by atoms with E-state index >= 15 is 0 Å². The molecule has 1 heterocycles. The highest BCUT2D eigenvalue weighted by Gasteiger charge is 2.36. The summed E-state index contributed by atoms with van der Waals surface area (Å²) < 4.78 is 1.07. The first kappa shape index (κ1) is 14.5. The fourth-order valence-electron chi connectivity index (χ4n) is 2.53. The van der Waals surface area contributed by atoms with Crippen molar-refractivity contribution in [2.75, 3.05) is 11.4 Å². The topological polar surface area (TPSA) is 32.3 Å². The summed E-state index contributed by atoms with van der Waals surface area (Å²) in [6.07, 6.45) is 0.943. The van der Waals surface area contributed by atoms with E-state index in [-0.39, 0.29) is 17.5 Å². The van der Waals surface area contributed by atoms with Crippen molar-refractivity contribution in [2.45, 2.75) is 45.7 Å². The number of halogens is 1. The zero-order valence-corrected chi connectivity index (χ0v) is 13.5. The number of nitrogens with zero attached hydrogens (tertiary/aromatic N) is 1. The molecule has 2 rings (SSSR count). The van der Waals surface area contributed by atoms with Gasteiger partial charge in [-0.2, -0.15) is 0 Å². The van der Waals surface area contributed by atoms with Crippen molar-refractivity contribution in [3.8, 4) is 0 Å². The van der Waals surface area contributed by atoms with Crippen LogP contribution in [-0.4, -0.2) is 24.0 Å². The highest BCUT2D eigenvalue weighted by Crippen LogP contribution is 2.31. The molecule has 1 atom stereocenters. The zero-order chi connectivity index (χ0) is 14.2. The van der Waals surface area contributed by atoms with E-state index < -0.39 is 0 Å². The maximum atomic E-state index is 12.6. The molecule has 1 fully saturated rings. The Bertz CT molecular complexity index is 499. The molecule has 1 unspecified atom stereocenters. The van der Waals surface area contributed by atoms with Crippen molar-refractivity contribution in [3.05, 3.63) is 28.2 Å². The minimum absolute atomic E-state index is 0.134. The molecule has 0 bridgehead atoms. The van der Waals surface area contributed by atoms with Gasteiger partial charge in [-0.05, 0) is 64.4 Å². The molecule has 1 aromatic rings. The second-order valence-electron chi connectivity index (χ2n) is 5.85. The van der Waals surface area contributed by atoms with Gasteiger partial charge in [0.15, 0.2) is 0 Å². The smallest absolute Gasteiger partial charge is 0.244 e. The van der Waals surface area contributed by atoms with Crippen LogP contribution in [-0.2, 0) is 4.79 Å². The van der Waals surface area contributed by atoms with E-state index in [1.165, 1.54) is 0 Å². The molecule has 1 aromatic carbocycles. The number of carbonyl (C=O) groups is 1. The summed E-state index contributed by atoms with van der Waals surface area (Å²) in [5.41, 5.74) is 1.95. The summed E-state index contributed by atoms with van der Waals surface area (Å²) in [7, 11) is 0. The molecule has 0 radical (unpaired) electrons. The van der Waals surface area contributed by atoms with Gasteiger partial charge in [0, 0.05) is 15.7 Å². The van der Waals surface area contributed by atoms with Crippen LogP contribution >= 0.6 is 15.9 Å². The van der Waals surface area contributed by atoms with E-state index in [1.807, 2.05) is 30.9 Å². The fraction of sp³-hybridized carbons (Fsp3) is 0.533. The molecule has 4 heteroatoms. The Kier molecular flexibility index (Phi) is 4.02. The van der Waals surface area contributed by atoms with Crippen molar-refractivity contribution in [1.29, 1.82) is 0 Å². The number of hydrogen-bond donors (Lipinski definition) is 1. The number of benzene rings is 1. The van der Waals surface area contributed by atoms with Crippen LogP contribution in [0.4, 0.5) is 5.69 Å². The lowest BCUT2D eigenvalue weighted by Gasteiger charge is -2.38. The predicted octanol–water partition coefficient (Wildman–Crippen LogP) is 3.25. The monoisotopic (exact) mass is 324 g/mol. The maximum Gasteiger partial charge on any atom is 0.244 e. The van der Waals surface area contributed by atoms with Gasteiger partial charge in [-0.15, -0.1) is 0 Å². The molecular formula is C15H21BrN2O. The number of carbonyl (C=O) groups excluding carboxylic acids is 1. The summed E-state index contributed by atoms with van der Waals surface area (Å²) in [5, 5.41) is 3.28. The molecule has 19 heavy (non-hydrogen) atoms. The van der Waals surface area contributed by atoms with Gasteiger partial charge in [-0.25, -0.2) is 0 Å². The summed E-state index contributed by atoms with van der Waals surface area (Å²) >= 11 is 3.51. The van der Waals surface area contributed by atoms with Crippen LogP contribution in [0.5, 0.6) is 0 Å². The van der Waals surface area contributed by atoms with E-state index in [2.05, 4.69) is 41.2 Å². The molecule has 0 aromatic heterocycles. The zero-order valence-electron chi connectivity index (χ0n) is 12.0. The van der Waals surface area contributed by atoms with Gasteiger partial charge < -0.3 is 10.2 Å². The van der Waals surface area contributed by atoms with Crippen molar-refractivity contribution < 1.29 is 4.79 Å². The molecule has 1 aliphatic rings.